The maximum atomic E-state index is 9.78. The smallest absolute Gasteiger partial charge is 1.00 e. The Labute approximate surface area is 153 Å². The Hall–Kier alpha value is 3.13. The van der Waals surface area contributed by atoms with Gasteiger partial charge in [-0.3, -0.25) is 4.57 Å². The zero-order chi connectivity index (χ0) is 9.65. The van der Waals surface area contributed by atoms with Gasteiger partial charge in [0.25, 0.3) is 0 Å². The molecule has 0 bridgehead atoms. The van der Waals surface area contributed by atoms with Gasteiger partial charge < -0.3 is 19.2 Å². The summed E-state index contributed by atoms with van der Waals surface area (Å²) in [6.07, 6.45) is 0. The molecule has 14 heavy (non-hydrogen) atoms. The van der Waals surface area contributed by atoms with Crippen LogP contribution in [0.5, 0.6) is 0 Å². The van der Waals surface area contributed by atoms with E-state index in [9.17, 15) is 4.57 Å². The first kappa shape index (κ1) is 30.3. The van der Waals surface area contributed by atoms with Gasteiger partial charge in [0.2, 0.25) is 0 Å². The largest absolute Gasteiger partial charge is 1.00 e. The quantitative estimate of drug-likeness (QED) is 0.237. The van der Waals surface area contributed by atoms with E-state index in [-0.39, 0.29) is 93.0 Å². The molecule has 0 fully saturated rings. The molecule has 0 saturated heterocycles. The van der Waals surface area contributed by atoms with Gasteiger partial charge in [0.05, 0.1) is 0 Å². The van der Waals surface area contributed by atoms with Crippen molar-refractivity contribution in [3.8, 4) is 0 Å². The van der Waals surface area contributed by atoms with Gasteiger partial charge in [-0.2, -0.15) is 0 Å². The van der Waals surface area contributed by atoms with Crippen molar-refractivity contribution in [1.29, 1.82) is 0 Å². The van der Waals surface area contributed by atoms with E-state index in [1.165, 1.54) is 0 Å². The van der Waals surface area contributed by atoms with Crippen molar-refractivity contribution < 1.29 is 127 Å². The van der Waals surface area contributed by atoms with E-state index in [1.54, 1.807) is 0 Å². The maximum Gasteiger partial charge on any atom is 1.00 e. The van der Waals surface area contributed by atoms with Crippen molar-refractivity contribution in [2.75, 3.05) is 0 Å². The van der Waals surface area contributed by atoms with Crippen LogP contribution in [0.4, 0.5) is 0 Å². The molecule has 0 radical (unpaired) electrons. The van der Waals surface area contributed by atoms with Gasteiger partial charge in [-0.05, 0) is 6.92 Å². The molecule has 5 N–H and O–H groups in total. The first-order chi connectivity index (χ1) is 4.68. The van der Waals surface area contributed by atoms with E-state index >= 15 is 0 Å². The molecule has 12 heteroatoms. The third-order valence-corrected chi connectivity index (χ3v) is 1.46. The van der Waals surface area contributed by atoms with Gasteiger partial charge in [-0.25, -0.2) is 0 Å². The van der Waals surface area contributed by atoms with Crippen molar-refractivity contribution in [2.24, 2.45) is 0 Å². The van der Waals surface area contributed by atoms with Gasteiger partial charge >= 0.3 is 105 Å². The van der Waals surface area contributed by atoms with Crippen molar-refractivity contribution >= 4 is 15.9 Å². The zero-order valence-electron chi connectivity index (χ0n) is 11.5. The van der Waals surface area contributed by atoms with Gasteiger partial charge in [-0.15, -0.1) is 9.79 Å². The Bertz CT molecular complexity index is 176. The molecule has 0 aromatic carbocycles. The molecule has 0 amide bonds. The molecule has 0 saturated carbocycles. The van der Waals surface area contributed by atoms with E-state index in [1.807, 2.05) is 0 Å². The Morgan fingerprint density at radius 2 is 1.29 bits per heavy atom. The molecule has 0 aromatic rings. The first-order valence-corrected chi connectivity index (χ1v) is 5.11. The fourth-order valence-corrected chi connectivity index (χ4v) is 0. The second-order valence-corrected chi connectivity index (χ2v) is 3.90. The number of aliphatic hydroxyl groups is 1. The average Bonchev–Trinajstić information content (AvgIpc) is 1.59. The van der Waals surface area contributed by atoms with Gasteiger partial charge in [-0.1, -0.05) is 0 Å². The molecule has 74 valence electrons. The zero-order valence-corrected chi connectivity index (χ0v) is 16.3. The third kappa shape index (κ3) is 36.2. The van der Waals surface area contributed by atoms with Crippen molar-refractivity contribution in [3.63, 3.8) is 0 Å². The molecule has 1 atom stereocenters. The average molecular weight is 279 g/mol. The van der Waals surface area contributed by atoms with E-state index < -0.39 is 21.7 Å². The molecular weight excluding hydrogens is 267 g/mol. The van der Waals surface area contributed by atoms with E-state index in [2.05, 4.69) is 0 Å². The minimum Gasteiger partial charge on any atom is -1.00 e. The molecule has 0 aliphatic rings. The Morgan fingerprint density at radius 1 is 1.21 bits per heavy atom. The molecule has 0 rings (SSSR count). The van der Waals surface area contributed by atoms with Crippen LogP contribution in [0, 0.1) is 0 Å². The number of hydrogen-bond acceptors (Lipinski definition) is 3. The van der Waals surface area contributed by atoms with Gasteiger partial charge in [0.1, 0.15) is 0 Å². The summed E-state index contributed by atoms with van der Waals surface area (Å²) in [7, 11) is -7.05. The minimum absolute atomic E-state index is 0. The fraction of sp³-hybridized carbons (Fsp3) is 1.00. The second kappa shape index (κ2) is 16.1. The number of aliphatic hydroxyl groups excluding tert-OH is 1. The second-order valence-electron chi connectivity index (χ2n) is 1.47. The molecule has 0 heterocycles. The fourth-order valence-electron chi connectivity index (χ4n) is 0. The summed E-state index contributed by atoms with van der Waals surface area (Å²) in [6.45, 7) is 1.04. The minimum atomic E-state index is -4.18. The summed E-state index contributed by atoms with van der Waals surface area (Å²) in [6, 6.07) is 0. The van der Waals surface area contributed by atoms with Crippen molar-refractivity contribution in [2.45, 2.75) is 12.8 Å². The van der Waals surface area contributed by atoms with Crippen LogP contribution < -0.4 is 88.7 Å². The SMILES string of the molecule is CC(O)P(=O)(O)O.O=[P+](O)O.[H-].[H-].[H-].[Na+].[Na+].[Na+]. The van der Waals surface area contributed by atoms with Crippen LogP contribution in [0.25, 0.3) is 0 Å². The molecule has 0 spiro atoms. The summed E-state index contributed by atoms with van der Waals surface area (Å²) in [5.74, 6) is -1.53. The van der Waals surface area contributed by atoms with Crippen LogP contribution in [0.1, 0.15) is 11.2 Å². The number of hydrogen-bond donors (Lipinski definition) is 5. The number of rotatable bonds is 1. The van der Waals surface area contributed by atoms with Crippen LogP contribution in [0.2, 0.25) is 0 Å². The third-order valence-electron chi connectivity index (χ3n) is 0.487. The molecule has 0 aliphatic carbocycles. The van der Waals surface area contributed by atoms with Crippen molar-refractivity contribution in [3.05, 3.63) is 0 Å². The monoisotopic (exact) mass is 279 g/mol. The van der Waals surface area contributed by atoms with E-state index in [0.717, 1.165) is 6.92 Å². The standard InChI is InChI=1S/C2H7O4P.3Na.HO3P.3H/c1-2(3)7(4,5)6;;;;1-4(2)3;;;/h2-3H,1H3,(H2,4,5,6);;;;(H-,1,2,3);;;/q;3*+1;;3*-1/p+1. The molecule has 1 unspecified atom stereocenters. The Balaban J connectivity index is -0.0000000125. The summed E-state index contributed by atoms with van der Waals surface area (Å²) >= 11 is 0. The Kier molecular flexibility index (Phi) is 34.9. The summed E-state index contributed by atoms with van der Waals surface area (Å²) in [5, 5.41) is 8.13. The first-order valence-electron chi connectivity index (χ1n) is 2.26. The van der Waals surface area contributed by atoms with Crippen LogP contribution in [0.15, 0.2) is 0 Å². The van der Waals surface area contributed by atoms with Crippen LogP contribution in [-0.2, 0) is 9.13 Å². The van der Waals surface area contributed by atoms with Gasteiger partial charge in [0.15, 0.2) is 5.85 Å². The van der Waals surface area contributed by atoms with E-state index in [0.29, 0.717) is 0 Å². The summed E-state index contributed by atoms with van der Waals surface area (Å²) < 4.78 is 18.5. The van der Waals surface area contributed by atoms with Crippen molar-refractivity contribution in [1.82, 2.24) is 0 Å². The predicted octanol–water partition coefficient (Wildman–Crippen LogP) is -9.52. The van der Waals surface area contributed by atoms with Crippen LogP contribution in [0.3, 0.4) is 0 Å². The summed E-state index contributed by atoms with van der Waals surface area (Å²) in [5.41, 5.74) is 0. The molecule has 0 aliphatic heterocycles. The van der Waals surface area contributed by atoms with E-state index in [4.69, 9.17) is 29.2 Å². The van der Waals surface area contributed by atoms with Gasteiger partial charge in [0, 0.05) is 4.57 Å². The molecule has 0 aromatic heterocycles. The Morgan fingerprint density at radius 3 is 1.29 bits per heavy atom. The molecule has 7 nitrogen and oxygen atoms in total. The normalized spacial score (nSPS) is 10.1. The predicted molar refractivity (Wildman–Crippen MR) is 39.1 cm³/mol. The topological polar surface area (TPSA) is 135 Å². The molecular formula is C2H12Na3O7P2+. The van der Waals surface area contributed by atoms with Crippen LogP contribution in [-0.4, -0.2) is 30.5 Å². The summed E-state index contributed by atoms with van der Waals surface area (Å²) in [4.78, 5) is 30.2. The maximum absolute atomic E-state index is 9.78. The van der Waals surface area contributed by atoms with Crippen LogP contribution >= 0.6 is 15.9 Å².